The van der Waals surface area contributed by atoms with E-state index in [0.29, 0.717) is 10.5 Å². The van der Waals surface area contributed by atoms with Gasteiger partial charge in [-0.15, -0.1) is 0 Å². The van der Waals surface area contributed by atoms with E-state index in [4.69, 9.17) is 9.47 Å². The summed E-state index contributed by atoms with van der Waals surface area (Å²) in [5.41, 5.74) is 0. The lowest BCUT2D eigenvalue weighted by molar-refractivity contribution is 0.182. The highest BCUT2D eigenvalue weighted by molar-refractivity contribution is 8.00. The summed E-state index contributed by atoms with van der Waals surface area (Å²) < 4.78 is 10.3. The Labute approximate surface area is 79.0 Å². The van der Waals surface area contributed by atoms with Crippen LogP contribution < -0.4 is 0 Å². The second-order valence-corrected chi connectivity index (χ2v) is 4.83. The standard InChI is InChI=1S/C9H18O2S/c1-10-6-8-4-3-5-9(12-8)7-11-2/h8-9H,3-7H2,1-2H3/t8-,9-/m0/s1. The van der Waals surface area contributed by atoms with E-state index in [2.05, 4.69) is 0 Å². The number of ether oxygens (including phenoxy) is 2. The first-order valence-corrected chi connectivity index (χ1v) is 5.44. The lowest BCUT2D eigenvalue weighted by Gasteiger charge is -2.27. The molecule has 0 unspecified atom stereocenters. The molecule has 1 heterocycles. The van der Waals surface area contributed by atoms with Crippen LogP contribution in [0.5, 0.6) is 0 Å². The van der Waals surface area contributed by atoms with Gasteiger partial charge in [0.2, 0.25) is 0 Å². The lowest BCUT2D eigenvalue weighted by Crippen LogP contribution is -2.24. The number of methoxy groups -OCH3 is 2. The van der Waals surface area contributed by atoms with Crippen LogP contribution in [0.2, 0.25) is 0 Å². The van der Waals surface area contributed by atoms with Crippen LogP contribution in [0.15, 0.2) is 0 Å². The Morgan fingerprint density at radius 2 is 1.58 bits per heavy atom. The van der Waals surface area contributed by atoms with Crippen LogP contribution in [-0.2, 0) is 9.47 Å². The Balaban J connectivity index is 2.20. The van der Waals surface area contributed by atoms with Gasteiger partial charge in [-0.25, -0.2) is 0 Å². The second-order valence-electron chi connectivity index (χ2n) is 3.22. The SMILES string of the molecule is COC[C@@H]1CCC[C@@H](COC)S1. The average Bonchev–Trinajstić information content (AvgIpc) is 2.06. The summed E-state index contributed by atoms with van der Waals surface area (Å²) in [6.45, 7) is 1.79. The molecule has 0 amide bonds. The average molecular weight is 190 g/mol. The highest BCUT2D eigenvalue weighted by Crippen LogP contribution is 2.31. The molecule has 2 atom stereocenters. The second kappa shape index (κ2) is 5.84. The molecule has 0 aromatic heterocycles. The van der Waals surface area contributed by atoms with Gasteiger partial charge >= 0.3 is 0 Å². The molecule has 0 N–H and O–H groups in total. The minimum absolute atomic E-state index is 0.698. The molecule has 72 valence electrons. The van der Waals surface area contributed by atoms with Crippen molar-refractivity contribution in [3.63, 3.8) is 0 Å². The summed E-state index contributed by atoms with van der Waals surface area (Å²) in [5.74, 6) is 0. The molecule has 0 radical (unpaired) electrons. The fourth-order valence-corrected chi connectivity index (χ4v) is 3.18. The van der Waals surface area contributed by atoms with E-state index in [0.717, 1.165) is 13.2 Å². The minimum Gasteiger partial charge on any atom is -0.384 e. The third-order valence-electron chi connectivity index (χ3n) is 2.14. The third kappa shape index (κ3) is 3.33. The normalized spacial score (nSPS) is 30.5. The van der Waals surface area contributed by atoms with Gasteiger partial charge in [0, 0.05) is 24.7 Å². The monoisotopic (exact) mass is 190 g/mol. The van der Waals surface area contributed by atoms with E-state index >= 15 is 0 Å². The van der Waals surface area contributed by atoms with Crippen LogP contribution in [0.3, 0.4) is 0 Å². The van der Waals surface area contributed by atoms with Crippen molar-refractivity contribution in [3.05, 3.63) is 0 Å². The number of hydrogen-bond acceptors (Lipinski definition) is 3. The van der Waals surface area contributed by atoms with Crippen molar-refractivity contribution in [2.45, 2.75) is 29.8 Å². The summed E-state index contributed by atoms with van der Waals surface area (Å²) >= 11 is 2.03. The van der Waals surface area contributed by atoms with Gasteiger partial charge in [0.25, 0.3) is 0 Å². The van der Waals surface area contributed by atoms with Crippen molar-refractivity contribution in [1.82, 2.24) is 0 Å². The zero-order valence-electron chi connectivity index (χ0n) is 7.91. The Hall–Kier alpha value is 0.270. The summed E-state index contributed by atoms with van der Waals surface area (Å²) in [6, 6.07) is 0. The Morgan fingerprint density at radius 1 is 1.08 bits per heavy atom. The molecule has 1 rings (SSSR count). The van der Waals surface area contributed by atoms with Crippen LogP contribution in [0.4, 0.5) is 0 Å². The van der Waals surface area contributed by atoms with Crippen LogP contribution in [0, 0.1) is 0 Å². The number of hydrogen-bond donors (Lipinski definition) is 0. The largest absolute Gasteiger partial charge is 0.384 e. The molecule has 1 aliphatic heterocycles. The Kier molecular flexibility index (Phi) is 5.04. The summed E-state index contributed by atoms with van der Waals surface area (Å²) in [6.07, 6.45) is 3.94. The van der Waals surface area contributed by atoms with Crippen LogP contribution in [0.25, 0.3) is 0 Å². The van der Waals surface area contributed by atoms with E-state index in [1.165, 1.54) is 19.3 Å². The van der Waals surface area contributed by atoms with E-state index < -0.39 is 0 Å². The predicted molar refractivity (Wildman–Crippen MR) is 52.8 cm³/mol. The first-order valence-electron chi connectivity index (χ1n) is 4.50. The van der Waals surface area contributed by atoms with Crippen LogP contribution >= 0.6 is 11.8 Å². The first kappa shape index (κ1) is 10.4. The van der Waals surface area contributed by atoms with Crippen molar-refractivity contribution in [2.75, 3.05) is 27.4 Å². The van der Waals surface area contributed by atoms with Gasteiger partial charge in [-0.3, -0.25) is 0 Å². The van der Waals surface area contributed by atoms with Crippen molar-refractivity contribution >= 4 is 11.8 Å². The van der Waals surface area contributed by atoms with E-state index in [1.807, 2.05) is 11.8 Å². The zero-order valence-corrected chi connectivity index (χ0v) is 8.73. The van der Waals surface area contributed by atoms with E-state index in [1.54, 1.807) is 14.2 Å². The Morgan fingerprint density at radius 3 is 2.00 bits per heavy atom. The minimum atomic E-state index is 0.698. The molecule has 1 saturated heterocycles. The fraction of sp³-hybridized carbons (Fsp3) is 1.00. The predicted octanol–water partition coefficient (Wildman–Crippen LogP) is 1.93. The van der Waals surface area contributed by atoms with E-state index in [-0.39, 0.29) is 0 Å². The quantitative estimate of drug-likeness (QED) is 0.675. The molecular formula is C9H18O2S. The molecule has 0 saturated carbocycles. The molecule has 0 bridgehead atoms. The summed E-state index contributed by atoms with van der Waals surface area (Å²) in [4.78, 5) is 0. The van der Waals surface area contributed by atoms with Gasteiger partial charge in [0.15, 0.2) is 0 Å². The van der Waals surface area contributed by atoms with Gasteiger partial charge in [0.1, 0.15) is 0 Å². The molecule has 1 aliphatic rings. The van der Waals surface area contributed by atoms with Crippen molar-refractivity contribution < 1.29 is 9.47 Å². The molecule has 0 aromatic rings. The lowest BCUT2D eigenvalue weighted by atomic mass is 10.1. The molecule has 1 fully saturated rings. The van der Waals surface area contributed by atoms with Crippen LogP contribution in [-0.4, -0.2) is 37.9 Å². The van der Waals surface area contributed by atoms with Crippen molar-refractivity contribution in [1.29, 1.82) is 0 Å². The molecule has 0 aromatic carbocycles. The van der Waals surface area contributed by atoms with Gasteiger partial charge in [-0.2, -0.15) is 11.8 Å². The van der Waals surface area contributed by atoms with Gasteiger partial charge in [-0.05, 0) is 12.8 Å². The van der Waals surface area contributed by atoms with Crippen molar-refractivity contribution in [2.24, 2.45) is 0 Å². The summed E-state index contributed by atoms with van der Waals surface area (Å²) in [5, 5.41) is 1.40. The number of rotatable bonds is 4. The Bertz CT molecular complexity index is 103. The topological polar surface area (TPSA) is 18.5 Å². The fourth-order valence-electron chi connectivity index (χ4n) is 1.60. The highest BCUT2D eigenvalue weighted by atomic mass is 32.2. The van der Waals surface area contributed by atoms with Gasteiger partial charge < -0.3 is 9.47 Å². The highest BCUT2D eigenvalue weighted by Gasteiger charge is 2.21. The maximum Gasteiger partial charge on any atom is 0.0581 e. The first-order chi connectivity index (χ1) is 5.86. The molecule has 3 heteroatoms. The van der Waals surface area contributed by atoms with Crippen LogP contribution in [0.1, 0.15) is 19.3 Å². The smallest absolute Gasteiger partial charge is 0.0581 e. The van der Waals surface area contributed by atoms with Gasteiger partial charge in [-0.1, -0.05) is 6.42 Å². The molecule has 0 spiro atoms. The molecule has 0 aliphatic carbocycles. The number of thioether (sulfide) groups is 1. The van der Waals surface area contributed by atoms with Crippen molar-refractivity contribution in [3.8, 4) is 0 Å². The summed E-state index contributed by atoms with van der Waals surface area (Å²) in [7, 11) is 3.56. The maximum atomic E-state index is 5.15. The zero-order chi connectivity index (χ0) is 8.81. The van der Waals surface area contributed by atoms with Gasteiger partial charge in [0.05, 0.1) is 13.2 Å². The molecule has 12 heavy (non-hydrogen) atoms. The molecular weight excluding hydrogens is 172 g/mol. The van der Waals surface area contributed by atoms with E-state index in [9.17, 15) is 0 Å². The third-order valence-corrected chi connectivity index (χ3v) is 3.66. The maximum absolute atomic E-state index is 5.15. The molecule has 2 nitrogen and oxygen atoms in total.